The van der Waals surface area contributed by atoms with Gasteiger partial charge in [-0.15, -0.1) is 0 Å². The average molecular weight is 259 g/mol. The number of rotatable bonds is 5. The number of aromatic hydroxyl groups is 1. The Kier molecular flexibility index (Phi) is 4.36. The molecule has 2 aromatic carbocycles. The van der Waals surface area contributed by atoms with E-state index in [0.717, 1.165) is 5.39 Å². The lowest BCUT2D eigenvalue weighted by atomic mass is 10.0. The number of nitrogens with one attached hydrogen (secondary N) is 1. The number of hydrogen-bond acceptors (Lipinski definition) is 3. The minimum atomic E-state index is -0.289. The number of carbonyl (C=O) groups excluding carboxylic acids is 1. The average Bonchev–Trinajstić information content (AvgIpc) is 2.44. The number of phenolic OH excluding ortho intramolecular Hbond substituents is 1. The highest BCUT2D eigenvalue weighted by Crippen LogP contribution is 2.28. The molecule has 0 aliphatic heterocycles. The summed E-state index contributed by atoms with van der Waals surface area (Å²) >= 11 is 0. The highest BCUT2D eigenvalue weighted by Gasteiger charge is 2.12. The Balaban J connectivity index is 2.16. The summed E-state index contributed by atoms with van der Waals surface area (Å²) in [6.07, 6.45) is 0. The molecule has 100 valence electrons. The van der Waals surface area contributed by atoms with Gasteiger partial charge in [0.1, 0.15) is 5.75 Å². The first-order valence-corrected chi connectivity index (χ1v) is 6.30. The SMILES string of the molecule is CCOCCNC(=O)c1ccc2ccccc2c1O. The van der Waals surface area contributed by atoms with E-state index in [1.165, 1.54) is 0 Å². The van der Waals surface area contributed by atoms with Gasteiger partial charge in [0.25, 0.3) is 5.91 Å². The number of benzene rings is 2. The third-order valence-corrected chi connectivity index (χ3v) is 2.88. The van der Waals surface area contributed by atoms with Crippen LogP contribution in [0.2, 0.25) is 0 Å². The predicted octanol–water partition coefficient (Wildman–Crippen LogP) is 2.31. The minimum Gasteiger partial charge on any atom is -0.506 e. The topological polar surface area (TPSA) is 58.6 Å². The molecule has 0 heterocycles. The summed E-state index contributed by atoms with van der Waals surface area (Å²) < 4.78 is 5.14. The number of ether oxygens (including phenoxy) is 1. The van der Waals surface area contributed by atoms with Gasteiger partial charge in [-0.25, -0.2) is 0 Å². The quantitative estimate of drug-likeness (QED) is 0.810. The molecule has 2 aromatic rings. The molecule has 0 aliphatic carbocycles. The molecule has 4 nitrogen and oxygen atoms in total. The fourth-order valence-electron chi connectivity index (χ4n) is 1.91. The highest BCUT2D eigenvalue weighted by molar-refractivity contribution is 6.03. The molecule has 1 amide bonds. The van der Waals surface area contributed by atoms with Crippen LogP contribution in [0.25, 0.3) is 10.8 Å². The fourth-order valence-corrected chi connectivity index (χ4v) is 1.91. The van der Waals surface area contributed by atoms with Crippen LogP contribution in [0.15, 0.2) is 36.4 Å². The normalized spacial score (nSPS) is 10.6. The molecule has 19 heavy (non-hydrogen) atoms. The van der Waals surface area contributed by atoms with Crippen LogP contribution in [-0.2, 0) is 4.74 Å². The van der Waals surface area contributed by atoms with E-state index >= 15 is 0 Å². The number of carbonyl (C=O) groups is 1. The third kappa shape index (κ3) is 3.03. The summed E-state index contributed by atoms with van der Waals surface area (Å²) in [5.74, 6) is -0.269. The first kappa shape index (κ1) is 13.4. The van der Waals surface area contributed by atoms with Crippen molar-refractivity contribution >= 4 is 16.7 Å². The number of amides is 1. The van der Waals surface area contributed by atoms with Gasteiger partial charge in [0, 0.05) is 18.5 Å². The zero-order valence-corrected chi connectivity index (χ0v) is 10.8. The van der Waals surface area contributed by atoms with Crippen LogP contribution >= 0.6 is 0 Å². The molecule has 2 N–H and O–H groups in total. The summed E-state index contributed by atoms with van der Waals surface area (Å²) in [5, 5.41) is 14.4. The molecule has 4 heteroatoms. The molecule has 0 spiro atoms. The van der Waals surface area contributed by atoms with Crippen LogP contribution in [0.5, 0.6) is 5.75 Å². The second-order valence-electron chi connectivity index (χ2n) is 4.14. The van der Waals surface area contributed by atoms with Crippen molar-refractivity contribution in [3.05, 3.63) is 42.0 Å². The van der Waals surface area contributed by atoms with Gasteiger partial charge in [0.15, 0.2) is 0 Å². The van der Waals surface area contributed by atoms with Crippen LogP contribution in [-0.4, -0.2) is 30.8 Å². The van der Waals surface area contributed by atoms with Gasteiger partial charge in [-0.05, 0) is 18.4 Å². The number of fused-ring (bicyclic) bond motifs is 1. The smallest absolute Gasteiger partial charge is 0.255 e. The van der Waals surface area contributed by atoms with Gasteiger partial charge in [-0.2, -0.15) is 0 Å². The van der Waals surface area contributed by atoms with Crippen molar-refractivity contribution in [1.82, 2.24) is 5.32 Å². The summed E-state index contributed by atoms with van der Waals surface area (Å²) in [6.45, 7) is 3.42. The lowest BCUT2D eigenvalue weighted by Gasteiger charge is -2.09. The summed E-state index contributed by atoms with van der Waals surface area (Å²) in [5.41, 5.74) is 0.287. The van der Waals surface area contributed by atoms with Gasteiger partial charge in [-0.3, -0.25) is 4.79 Å². The summed E-state index contributed by atoms with van der Waals surface area (Å²) in [4.78, 5) is 11.9. The summed E-state index contributed by atoms with van der Waals surface area (Å²) in [7, 11) is 0. The van der Waals surface area contributed by atoms with E-state index < -0.39 is 0 Å². The van der Waals surface area contributed by atoms with Gasteiger partial charge < -0.3 is 15.2 Å². The maximum absolute atomic E-state index is 11.9. The zero-order valence-electron chi connectivity index (χ0n) is 10.8. The second-order valence-corrected chi connectivity index (χ2v) is 4.14. The number of phenols is 1. The van der Waals surface area contributed by atoms with Crippen LogP contribution in [0.3, 0.4) is 0 Å². The Morgan fingerprint density at radius 2 is 2.05 bits per heavy atom. The van der Waals surface area contributed by atoms with Gasteiger partial charge in [-0.1, -0.05) is 30.3 Å². The fraction of sp³-hybridized carbons (Fsp3) is 0.267. The molecule has 2 rings (SSSR count). The van der Waals surface area contributed by atoms with Crippen molar-refractivity contribution < 1.29 is 14.6 Å². The van der Waals surface area contributed by atoms with Crippen molar-refractivity contribution in [2.75, 3.05) is 19.8 Å². The van der Waals surface area contributed by atoms with Crippen LogP contribution in [0.4, 0.5) is 0 Å². The largest absolute Gasteiger partial charge is 0.506 e. The zero-order chi connectivity index (χ0) is 13.7. The number of hydrogen-bond donors (Lipinski definition) is 2. The highest BCUT2D eigenvalue weighted by atomic mass is 16.5. The van der Waals surface area contributed by atoms with Crippen molar-refractivity contribution in [1.29, 1.82) is 0 Å². The minimum absolute atomic E-state index is 0.0204. The molecule has 0 fully saturated rings. The van der Waals surface area contributed by atoms with Crippen LogP contribution in [0, 0.1) is 0 Å². The van der Waals surface area contributed by atoms with Gasteiger partial charge >= 0.3 is 0 Å². The molecule has 0 saturated carbocycles. The Labute approximate surface area is 112 Å². The second kappa shape index (κ2) is 6.20. The third-order valence-electron chi connectivity index (χ3n) is 2.88. The van der Waals surface area contributed by atoms with E-state index in [-0.39, 0.29) is 17.2 Å². The molecule has 0 unspecified atom stereocenters. The van der Waals surface area contributed by atoms with Gasteiger partial charge in [0.05, 0.1) is 12.2 Å². The van der Waals surface area contributed by atoms with Crippen molar-refractivity contribution in [2.24, 2.45) is 0 Å². The molecule has 0 aliphatic rings. The van der Waals surface area contributed by atoms with Crippen molar-refractivity contribution in [3.8, 4) is 5.75 Å². The molecular formula is C15H17NO3. The molecule has 0 bridgehead atoms. The molecule has 0 atom stereocenters. The lowest BCUT2D eigenvalue weighted by Crippen LogP contribution is -2.27. The first-order chi connectivity index (χ1) is 9.24. The van der Waals surface area contributed by atoms with Crippen molar-refractivity contribution in [3.63, 3.8) is 0 Å². The molecular weight excluding hydrogens is 242 g/mol. The summed E-state index contributed by atoms with van der Waals surface area (Å²) in [6, 6.07) is 10.9. The Bertz CT molecular complexity index is 581. The first-order valence-electron chi connectivity index (χ1n) is 6.30. The lowest BCUT2D eigenvalue weighted by molar-refractivity contribution is 0.0920. The monoisotopic (exact) mass is 259 g/mol. The van der Waals surface area contributed by atoms with Crippen molar-refractivity contribution in [2.45, 2.75) is 6.92 Å². The van der Waals surface area contributed by atoms with E-state index in [0.29, 0.717) is 25.1 Å². The maximum atomic E-state index is 11.9. The van der Waals surface area contributed by atoms with E-state index in [1.54, 1.807) is 12.1 Å². The molecule has 0 aromatic heterocycles. The molecule has 0 radical (unpaired) electrons. The van der Waals surface area contributed by atoms with Crippen LogP contribution < -0.4 is 5.32 Å². The maximum Gasteiger partial charge on any atom is 0.255 e. The van der Waals surface area contributed by atoms with Gasteiger partial charge in [0.2, 0.25) is 0 Å². The van der Waals surface area contributed by atoms with E-state index in [4.69, 9.17) is 4.74 Å². The predicted molar refractivity (Wildman–Crippen MR) is 74.4 cm³/mol. The van der Waals surface area contributed by atoms with Crippen LogP contribution in [0.1, 0.15) is 17.3 Å². The Morgan fingerprint density at radius 3 is 2.84 bits per heavy atom. The Hall–Kier alpha value is -2.07. The van der Waals surface area contributed by atoms with E-state index in [9.17, 15) is 9.90 Å². The Morgan fingerprint density at radius 1 is 1.26 bits per heavy atom. The van der Waals surface area contributed by atoms with E-state index in [2.05, 4.69) is 5.32 Å². The standard InChI is InChI=1S/C15H17NO3/c1-2-19-10-9-16-15(18)13-8-7-11-5-3-4-6-12(11)14(13)17/h3-8,17H,2,9-10H2,1H3,(H,16,18). The van der Waals surface area contributed by atoms with E-state index in [1.807, 2.05) is 31.2 Å². The molecule has 0 saturated heterocycles.